The van der Waals surface area contributed by atoms with Gasteiger partial charge < -0.3 is 20.4 Å². The summed E-state index contributed by atoms with van der Waals surface area (Å²) in [6, 6.07) is 18.0. The Kier molecular flexibility index (Phi) is 9.11. The molecule has 38 heavy (non-hydrogen) atoms. The molecule has 200 valence electrons. The first-order valence-electron chi connectivity index (χ1n) is 11.9. The van der Waals surface area contributed by atoms with E-state index in [1.54, 1.807) is 35.2 Å². The van der Waals surface area contributed by atoms with Crippen molar-refractivity contribution in [1.82, 2.24) is 15.5 Å². The molecule has 9 nitrogen and oxygen atoms in total. The number of carbonyl (C=O) groups excluding carboxylic acids is 2. The van der Waals surface area contributed by atoms with Gasteiger partial charge in [-0.05, 0) is 67.6 Å². The summed E-state index contributed by atoms with van der Waals surface area (Å²) in [4.78, 5) is 32.4. The van der Waals surface area contributed by atoms with Crippen molar-refractivity contribution in [1.29, 1.82) is 0 Å². The second-order valence-electron chi connectivity index (χ2n) is 8.43. The molecule has 3 aromatic rings. The van der Waals surface area contributed by atoms with Crippen molar-refractivity contribution in [2.75, 3.05) is 37.2 Å². The van der Waals surface area contributed by atoms with E-state index in [-0.39, 0.29) is 39.4 Å². The maximum Gasteiger partial charge on any atom is 0.295 e. The van der Waals surface area contributed by atoms with Gasteiger partial charge in [0.2, 0.25) is 5.91 Å². The van der Waals surface area contributed by atoms with Crippen molar-refractivity contribution in [2.45, 2.75) is 11.3 Å². The Balaban J connectivity index is 1.50. The van der Waals surface area contributed by atoms with E-state index in [0.29, 0.717) is 24.7 Å². The van der Waals surface area contributed by atoms with E-state index in [1.165, 1.54) is 42.5 Å². The molecule has 0 spiro atoms. The number of sulfonamides is 1. The van der Waals surface area contributed by atoms with Gasteiger partial charge in [0.05, 0.1) is 22.2 Å². The molecule has 1 aliphatic rings. The highest BCUT2D eigenvalue weighted by Gasteiger charge is 2.28. The average Bonchev–Trinajstić information content (AvgIpc) is 3.21. The van der Waals surface area contributed by atoms with Crippen LogP contribution in [0, 0.1) is 0 Å². The van der Waals surface area contributed by atoms with Gasteiger partial charge in [-0.2, -0.15) is 8.42 Å². The quantitative estimate of drug-likeness (QED) is 0.395. The Morgan fingerprint density at radius 3 is 2.42 bits per heavy atom. The summed E-state index contributed by atoms with van der Waals surface area (Å²) in [6.07, 6.45) is 0.851. The van der Waals surface area contributed by atoms with E-state index in [0.717, 1.165) is 17.4 Å². The number of benzene rings is 3. The molecule has 12 heteroatoms. The van der Waals surface area contributed by atoms with E-state index in [4.69, 9.17) is 28.0 Å². The monoisotopic (exact) mass is 576 g/mol. The summed E-state index contributed by atoms with van der Waals surface area (Å²) < 4.78 is 27.9. The molecule has 0 aromatic heterocycles. The highest BCUT2D eigenvalue weighted by molar-refractivity contribution is 7.92. The molecule has 1 fully saturated rings. The molecule has 0 atom stereocenters. The molecule has 1 aliphatic heterocycles. The molecule has 0 saturated carbocycles. The zero-order valence-corrected chi connectivity index (χ0v) is 22.6. The van der Waals surface area contributed by atoms with Gasteiger partial charge in [0, 0.05) is 30.2 Å². The predicted octanol–water partition coefficient (Wildman–Crippen LogP) is 3.73. The molecular weight excluding hydrogens is 551 g/mol. The highest BCUT2D eigenvalue weighted by atomic mass is 35.5. The van der Waals surface area contributed by atoms with Crippen molar-refractivity contribution in [3.63, 3.8) is 0 Å². The van der Waals surface area contributed by atoms with Crippen molar-refractivity contribution >= 4 is 50.7 Å². The van der Waals surface area contributed by atoms with Crippen LogP contribution in [0.3, 0.4) is 0 Å². The SMILES string of the molecule is O=C(NCC(=O)N1CCCNCC1)c1ccc(S(=O)(=O)N(Oc2ccc(Cl)cc2Cl)c2ccccc2)cc1. The highest BCUT2D eigenvalue weighted by Crippen LogP contribution is 2.32. The van der Waals surface area contributed by atoms with Gasteiger partial charge in [-0.15, -0.1) is 0 Å². The first kappa shape index (κ1) is 27.7. The van der Waals surface area contributed by atoms with Gasteiger partial charge in [0.15, 0.2) is 5.75 Å². The lowest BCUT2D eigenvalue weighted by Gasteiger charge is -2.24. The number of rotatable bonds is 8. The zero-order chi connectivity index (χ0) is 27.1. The maximum absolute atomic E-state index is 13.6. The standard InChI is InChI=1S/C26H26Cl2N4O5S/c27-20-9-12-24(23(28)17-20)37-32(21-5-2-1-3-6-21)38(35,36)22-10-7-19(8-11-22)26(34)30-18-25(33)31-15-4-13-29-14-16-31/h1-3,5-12,17,29H,4,13-16,18H2,(H,30,34). The number of hydrogen-bond donors (Lipinski definition) is 2. The number of amides is 2. The molecule has 3 aromatic carbocycles. The number of halogens is 2. The summed E-state index contributed by atoms with van der Waals surface area (Å²) in [5.74, 6) is -0.568. The summed E-state index contributed by atoms with van der Waals surface area (Å²) in [6.45, 7) is 2.64. The smallest absolute Gasteiger partial charge is 0.295 e. The Labute approximate surface area is 231 Å². The third-order valence-electron chi connectivity index (χ3n) is 5.77. The van der Waals surface area contributed by atoms with Crippen molar-refractivity contribution < 1.29 is 22.8 Å². The molecule has 4 rings (SSSR count). The van der Waals surface area contributed by atoms with Gasteiger partial charge in [0.1, 0.15) is 0 Å². The van der Waals surface area contributed by atoms with E-state index < -0.39 is 15.9 Å². The third kappa shape index (κ3) is 6.76. The molecule has 1 saturated heterocycles. The first-order valence-corrected chi connectivity index (χ1v) is 14.1. The van der Waals surface area contributed by atoms with E-state index >= 15 is 0 Å². The molecule has 1 heterocycles. The topological polar surface area (TPSA) is 108 Å². The van der Waals surface area contributed by atoms with Crippen LogP contribution in [0.25, 0.3) is 0 Å². The minimum Gasteiger partial charge on any atom is -0.363 e. The molecule has 0 unspecified atom stereocenters. The number of nitrogens with one attached hydrogen (secondary N) is 2. The molecule has 0 aliphatic carbocycles. The number of para-hydroxylation sites is 1. The van der Waals surface area contributed by atoms with E-state index in [9.17, 15) is 18.0 Å². The predicted molar refractivity (Wildman–Crippen MR) is 146 cm³/mol. The zero-order valence-electron chi connectivity index (χ0n) is 20.3. The lowest BCUT2D eigenvalue weighted by atomic mass is 10.2. The second-order valence-corrected chi connectivity index (χ2v) is 11.0. The van der Waals surface area contributed by atoms with Gasteiger partial charge in [-0.3, -0.25) is 9.59 Å². The van der Waals surface area contributed by atoms with Crippen LogP contribution in [0.2, 0.25) is 10.0 Å². The van der Waals surface area contributed by atoms with Crippen LogP contribution < -0.4 is 19.9 Å². The van der Waals surface area contributed by atoms with Crippen LogP contribution in [0.4, 0.5) is 5.69 Å². The summed E-state index contributed by atoms with van der Waals surface area (Å²) >= 11 is 12.2. The Bertz CT molecular complexity index is 1380. The van der Waals surface area contributed by atoms with Crippen molar-refractivity contribution in [3.05, 3.63) is 88.4 Å². The third-order valence-corrected chi connectivity index (χ3v) is 7.89. The maximum atomic E-state index is 13.6. The van der Waals surface area contributed by atoms with E-state index in [1.807, 2.05) is 0 Å². The number of nitrogens with zero attached hydrogens (tertiary/aromatic N) is 2. The summed E-state index contributed by atoms with van der Waals surface area (Å²) in [5.41, 5.74) is 0.449. The van der Waals surface area contributed by atoms with Crippen molar-refractivity contribution in [3.8, 4) is 5.75 Å². The fourth-order valence-electron chi connectivity index (χ4n) is 3.77. The summed E-state index contributed by atoms with van der Waals surface area (Å²) in [7, 11) is -4.24. The number of hydrogen-bond acceptors (Lipinski definition) is 6. The lowest BCUT2D eigenvalue weighted by molar-refractivity contribution is -0.129. The fraction of sp³-hybridized carbons (Fsp3) is 0.231. The van der Waals surface area contributed by atoms with Crippen LogP contribution in [0.5, 0.6) is 5.75 Å². The normalized spacial score (nSPS) is 13.9. The Hall–Kier alpha value is -3.31. The number of anilines is 1. The van der Waals surface area contributed by atoms with Crippen LogP contribution in [0.15, 0.2) is 77.7 Å². The van der Waals surface area contributed by atoms with Gasteiger partial charge >= 0.3 is 0 Å². The first-order chi connectivity index (χ1) is 18.3. The Morgan fingerprint density at radius 1 is 0.974 bits per heavy atom. The minimum atomic E-state index is -4.24. The van der Waals surface area contributed by atoms with Crippen molar-refractivity contribution in [2.24, 2.45) is 0 Å². The number of carbonyl (C=O) groups is 2. The minimum absolute atomic E-state index is 0.0874. The molecule has 2 N–H and O–H groups in total. The molecule has 2 amide bonds. The van der Waals surface area contributed by atoms with E-state index in [2.05, 4.69) is 10.6 Å². The fourth-order valence-corrected chi connectivity index (χ4v) is 5.46. The average molecular weight is 577 g/mol. The van der Waals surface area contributed by atoms with Crippen LogP contribution >= 0.6 is 23.2 Å². The van der Waals surface area contributed by atoms with Gasteiger partial charge in [-0.25, -0.2) is 0 Å². The molecule has 0 bridgehead atoms. The van der Waals surface area contributed by atoms with Crippen LogP contribution in [-0.4, -0.2) is 57.9 Å². The summed E-state index contributed by atoms with van der Waals surface area (Å²) in [5, 5.41) is 6.33. The van der Waals surface area contributed by atoms with Crippen LogP contribution in [-0.2, 0) is 14.8 Å². The van der Waals surface area contributed by atoms with Gasteiger partial charge in [0.25, 0.3) is 15.9 Å². The van der Waals surface area contributed by atoms with Crippen LogP contribution in [0.1, 0.15) is 16.8 Å². The second kappa shape index (κ2) is 12.5. The molecular formula is C26H26Cl2N4O5S. The molecule has 0 radical (unpaired) electrons. The van der Waals surface area contributed by atoms with Gasteiger partial charge in [-0.1, -0.05) is 45.9 Å². The Morgan fingerprint density at radius 2 is 1.71 bits per heavy atom. The largest absolute Gasteiger partial charge is 0.363 e. The lowest BCUT2D eigenvalue weighted by Crippen LogP contribution is -2.41.